The maximum Gasteiger partial charge on any atom is 0.340 e. The van der Waals surface area contributed by atoms with E-state index in [1.165, 1.54) is 30.2 Å². The van der Waals surface area contributed by atoms with Gasteiger partial charge in [-0.05, 0) is 85.3 Å². The van der Waals surface area contributed by atoms with Crippen LogP contribution in [-0.2, 0) is 24.2 Å². The van der Waals surface area contributed by atoms with Crippen LogP contribution in [0, 0.1) is 0 Å². The second kappa shape index (κ2) is 15.9. The van der Waals surface area contributed by atoms with Gasteiger partial charge in [-0.25, -0.2) is 4.79 Å². The Morgan fingerprint density at radius 1 is 1.00 bits per heavy atom. The van der Waals surface area contributed by atoms with Crippen molar-refractivity contribution in [1.29, 1.82) is 0 Å². The van der Waals surface area contributed by atoms with Crippen LogP contribution in [0.3, 0.4) is 0 Å². The molecule has 0 aliphatic carbocycles. The molecule has 9 heteroatoms. The van der Waals surface area contributed by atoms with E-state index in [2.05, 4.69) is 32.9 Å². The first-order chi connectivity index (χ1) is 16.9. The minimum atomic E-state index is -4.88. The summed E-state index contributed by atoms with van der Waals surface area (Å²) in [6, 6.07) is 8.11. The molecule has 0 aliphatic rings. The molecule has 0 heterocycles. The van der Waals surface area contributed by atoms with Gasteiger partial charge in [0.2, 0.25) is 14.8 Å². The lowest BCUT2D eigenvalue weighted by atomic mass is 10.1. The number of carbonyl (C=O) groups excluding carboxylic acids is 1. The summed E-state index contributed by atoms with van der Waals surface area (Å²) in [6.07, 6.45) is 9.57. The van der Waals surface area contributed by atoms with E-state index in [-0.39, 0.29) is 12.0 Å². The van der Waals surface area contributed by atoms with Crippen molar-refractivity contribution in [2.45, 2.75) is 90.5 Å². The first-order valence-corrected chi connectivity index (χ1v) is 14.4. The number of rotatable bonds is 16. The lowest BCUT2D eigenvalue weighted by molar-refractivity contribution is -0.124. The normalized spacial score (nSPS) is 15.3. The molecule has 1 aromatic rings. The Balaban J connectivity index is 2.65. The van der Waals surface area contributed by atoms with Crippen LogP contribution in [-0.4, -0.2) is 29.9 Å². The van der Waals surface area contributed by atoms with Gasteiger partial charge in [-0.3, -0.25) is 9.12 Å². The summed E-state index contributed by atoms with van der Waals surface area (Å²) < 4.78 is 53.9. The van der Waals surface area contributed by atoms with Crippen molar-refractivity contribution in [3.05, 3.63) is 70.8 Å². The third-order valence-electron chi connectivity index (χ3n) is 5.49. The van der Waals surface area contributed by atoms with Gasteiger partial charge in [-0.15, -0.1) is 0 Å². The Kier molecular flexibility index (Phi) is 14.1. The monoisotopic (exact) mass is 538 g/mol. The van der Waals surface area contributed by atoms with Crippen LogP contribution >= 0.6 is 8.46 Å². The summed E-state index contributed by atoms with van der Waals surface area (Å²) >= 11 is 0. The highest BCUT2D eigenvalue weighted by Gasteiger charge is 2.47. The van der Waals surface area contributed by atoms with E-state index in [1.807, 2.05) is 13.0 Å². The van der Waals surface area contributed by atoms with Crippen LogP contribution in [0.25, 0.3) is 0 Å². The average Bonchev–Trinajstić information content (AvgIpc) is 2.80. The van der Waals surface area contributed by atoms with Crippen molar-refractivity contribution < 1.29 is 31.8 Å². The molecule has 0 saturated carbocycles. The molecule has 1 aromatic carbocycles. The largest absolute Gasteiger partial charge is 0.432 e. The minimum Gasteiger partial charge on any atom is -0.432 e. The summed E-state index contributed by atoms with van der Waals surface area (Å²) in [5.41, 5.74) is 4.09. The maximum atomic E-state index is 12.2. The number of unbranched alkanes of at least 4 members (excludes halogenated alkanes) is 1. The number of allylic oxidation sites excluding steroid dienone is 6. The topological polar surface area (TPSA) is 107 Å². The molecule has 0 saturated heterocycles. The molecule has 0 aromatic heterocycles. The fourth-order valence-corrected chi connectivity index (χ4v) is 4.93. The smallest absolute Gasteiger partial charge is 0.340 e. The van der Waals surface area contributed by atoms with Crippen molar-refractivity contribution in [3.63, 3.8) is 0 Å². The molecule has 0 bridgehead atoms. The van der Waals surface area contributed by atoms with Gasteiger partial charge >= 0.3 is 16.1 Å². The molecule has 200 valence electrons. The number of ether oxygens (including phenoxy) is 2. The van der Waals surface area contributed by atoms with E-state index in [0.717, 1.165) is 31.3 Å². The fraction of sp³-hybridized carbons (Fsp3) is 0.519. The zero-order valence-corrected chi connectivity index (χ0v) is 23.6. The Hall–Kier alpha value is -2.12. The first-order valence-electron chi connectivity index (χ1n) is 12.1. The van der Waals surface area contributed by atoms with Crippen molar-refractivity contribution >= 4 is 24.5 Å². The van der Waals surface area contributed by atoms with Gasteiger partial charge in [0, 0.05) is 6.42 Å². The molecule has 0 amide bonds. The number of hydrogen-bond acceptors (Lipinski definition) is 6. The molecule has 1 N–H and O–H groups in total. The molecule has 0 radical (unpaired) electrons. The second-order valence-corrected chi connectivity index (χ2v) is 11.9. The zero-order valence-electron chi connectivity index (χ0n) is 21.9. The zero-order chi connectivity index (χ0) is 27.2. The van der Waals surface area contributed by atoms with Crippen molar-refractivity contribution in [2.24, 2.45) is 0 Å². The van der Waals surface area contributed by atoms with E-state index < -0.39 is 35.5 Å². The van der Waals surface area contributed by atoms with Gasteiger partial charge in [-0.2, -0.15) is 8.42 Å². The summed E-state index contributed by atoms with van der Waals surface area (Å²) in [6.45, 7) is 9.64. The van der Waals surface area contributed by atoms with Crippen molar-refractivity contribution in [1.82, 2.24) is 0 Å². The second-order valence-electron chi connectivity index (χ2n) is 9.09. The third-order valence-corrected chi connectivity index (χ3v) is 8.12. The summed E-state index contributed by atoms with van der Waals surface area (Å²) in [4.78, 5) is 12.2. The fourth-order valence-electron chi connectivity index (χ4n) is 3.45. The Morgan fingerprint density at radius 2 is 1.56 bits per heavy atom. The van der Waals surface area contributed by atoms with E-state index in [1.54, 1.807) is 18.2 Å². The molecule has 1 rings (SSSR count). The van der Waals surface area contributed by atoms with Gasteiger partial charge in [0.15, 0.2) is 0 Å². The molecule has 0 fully saturated rings. The molecule has 36 heavy (non-hydrogen) atoms. The highest BCUT2D eigenvalue weighted by molar-refractivity contribution is 7.91. The quantitative estimate of drug-likeness (QED) is 0.0576. The number of benzene rings is 1. The maximum absolute atomic E-state index is 12.2. The number of esters is 1. The van der Waals surface area contributed by atoms with Gasteiger partial charge in [-0.1, -0.05) is 53.1 Å². The molecular weight excluding hydrogens is 499 g/mol. The Bertz CT molecular complexity index is 1040. The predicted octanol–water partition coefficient (Wildman–Crippen LogP) is 7.63. The van der Waals surface area contributed by atoms with Gasteiger partial charge < -0.3 is 9.47 Å². The van der Waals surface area contributed by atoms with Crippen LogP contribution in [0.5, 0.6) is 0 Å². The molecule has 2 atom stereocenters. The van der Waals surface area contributed by atoms with Crippen molar-refractivity contribution in [2.75, 3.05) is 0 Å². The summed E-state index contributed by atoms with van der Waals surface area (Å²) in [7, 11) is -5.82. The Morgan fingerprint density at radius 3 is 2.08 bits per heavy atom. The van der Waals surface area contributed by atoms with Crippen molar-refractivity contribution in [3.8, 4) is 0 Å². The van der Waals surface area contributed by atoms with Crippen LogP contribution in [0.4, 0.5) is 0 Å². The molecular formula is C27H39O7PS. The van der Waals surface area contributed by atoms with Crippen LogP contribution in [0.2, 0.25) is 0 Å². The minimum absolute atomic E-state index is 0.239. The molecule has 0 aliphatic heterocycles. The lowest BCUT2D eigenvalue weighted by Crippen LogP contribution is -2.39. The molecule has 7 nitrogen and oxygen atoms in total. The molecule has 0 spiro atoms. The standard InChI is InChI=1S/C27H39O7PS/c1-21(2)13-11-15-23(4)17-12-16-22(3)14-9-10-20-27(35-29,36(30,31)32)34-24(5)33-26(28)25-18-7-6-8-19-25/h6-8,13-14,17-19,24H,9-12,15-16,20H2,1-5H3,(H,30,31,32). The van der Waals surface area contributed by atoms with E-state index in [4.69, 9.17) is 9.47 Å². The van der Waals surface area contributed by atoms with Gasteiger partial charge in [0.05, 0.1) is 5.56 Å². The average molecular weight is 539 g/mol. The van der Waals surface area contributed by atoms with Crippen LogP contribution in [0.1, 0.15) is 89.9 Å². The summed E-state index contributed by atoms with van der Waals surface area (Å²) in [5, 5.41) is 0. The Labute approximate surface area is 217 Å². The molecule has 2 unspecified atom stereocenters. The van der Waals surface area contributed by atoms with E-state index in [9.17, 15) is 22.3 Å². The summed E-state index contributed by atoms with van der Waals surface area (Å²) in [5.74, 6) is -0.727. The number of carbonyl (C=O) groups is 1. The highest BCUT2D eigenvalue weighted by atomic mass is 32.2. The SMILES string of the molecule is CC(C)=CCCC(C)=CCCC(C)=CCCCC(OC(C)OC(=O)c1ccccc1)(P=O)S(=O)(=O)O. The van der Waals surface area contributed by atoms with Crippen LogP contribution in [0.15, 0.2) is 65.3 Å². The highest BCUT2D eigenvalue weighted by Crippen LogP contribution is 2.37. The van der Waals surface area contributed by atoms with E-state index in [0.29, 0.717) is 12.8 Å². The van der Waals surface area contributed by atoms with Crippen LogP contribution < -0.4 is 0 Å². The number of hydrogen-bond donors (Lipinski definition) is 1. The first kappa shape index (κ1) is 31.9. The van der Waals surface area contributed by atoms with Gasteiger partial charge in [0.1, 0.15) is 0 Å². The van der Waals surface area contributed by atoms with E-state index >= 15 is 0 Å². The lowest BCUT2D eigenvalue weighted by Gasteiger charge is -2.27. The predicted molar refractivity (Wildman–Crippen MR) is 144 cm³/mol. The van der Waals surface area contributed by atoms with Gasteiger partial charge in [0.25, 0.3) is 4.67 Å². The third kappa shape index (κ3) is 11.7.